The van der Waals surface area contributed by atoms with Crippen molar-refractivity contribution in [1.82, 2.24) is 0 Å². The topological polar surface area (TPSA) is 0 Å². The zero-order valence-electron chi connectivity index (χ0n) is 37.9. The molecule has 0 aromatic carbocycles. The molecule has 0 bridgehead atoms. The van der Waals surface area contributed by atoms with Gasteiger partial charge in [0.1, 0.15) is 0 Å². The van der Waals surface area contributed by atoms with E-state index in [9.17, 15) is 0 Å². The zero-order valence-corrected chi connectivity index (χ0v) is 37.9. The van der Waals surface area contributed by atoms with Crippen LogP contribution in [0.15, 0.2) is 23.3 Å². The smallest absolute Gasteiger partial charge is 0.0111 e. The number of hydrogen-bond acceptors (Lipinski definition) is 0. The van der Waals surface area contributed by atoms with Gasteiger partial charge in [0.05, 0.1) is 0 Å². The highest BCUT2D eigenvalue weighted by Gasteiger charge is 2.46. The van der Waals surface area contributed by atoms with Gasteiger partial charge >= 0.3 is 0 Å². The second-order valence-corrected chi connectivity index (χ2v) is 24.4. The molecule has 0 aliphatic heterocycles. The van der Waals surface area contributed by atoms with Gasteiger partial charge < -0.3 is 0 Å². The average Bonchev–Trinajstić information content (AvgIpc) is 3.48. The Morgan fingerprint density at radius 3 is 1.19 bits per heavy atom. The fourth-order valence-corrected chi connectivity index (χ4v) is 11.8. The van der Waals surface area contributed by atoms with Crippen molar-refractivity contribution in [2.24, 2.45) is 78.8 Å². The molecular formula is C48H92. The average molecular weight is 669 g/mol. The van der Waals surface area contributed by atoms with E-state index in [1.54, 1.807) is 11.1 Å². The molecule has 0 heterocycles. The van der Waals surface area contributed by atoms with Crippen LogP contribution in [0.1, 0.15) is 205 Å². The number of hydrogen-bond donors (Lipinski definition) is 0. The van der Waals surface area contributed by atoms with Gasteiger partial charge in [0, 0.05) is 0 Å². The van der Waals surface area contributed by atoms with Gasteiger partial charge in [0.2, 0.25) is 0 Å². The van der Waals surface area contributed by atoms with E-state index in [2.05, 4.69) is 178 Å². The quantitative estimate of drug-likeness (QED) is 0.225. The second-order valence-electron chi connectivity index (χ2n) is 24.4. The lowest BCUT2D eigenvalue weighted by Crippen LogP contribution is -2.32. The predicted octanol–water partition coefficient (Wildman–Crippen LogP) is 16.3. The van der Waals surface area contributed by atoms with Crippen LogP contribution in [-0.2, 0) is 0 Å². The summed E-state index contributed by atoms with van der Waals surface area (Å²) in [6.07, 6.45) is 13.1. The van der Waals surface area contributed by atoms with Gasteiger partial charge in [-0.15, -0.1) is 0 Å². The Bertz CT molecular complexity index is 1020. The molecule has 0 nitrogen and oxygen atoms in total. The Balaban J connectivity index is 0.000000320. The molecule has 48 heavy (non-hydrogen) atoms. The third-order valence-electron chi connectivity index (χ3n) is 14.3. The molecule has 4 rings (SSSR count). The van der Waals surface area contributed by atoms with E-state index in [1.165, 1.54) is 38.5 Å². The predicted molar refractivity (Wildman–Crippen MR) is 220 cm³/mol. The van der Waals surface area contributed by atoms with E-state index in [0.29, 0.717) is 43.3 Å². The van der Waals surface area contributed by atoms with Crippen LogP contribution in [0.5, 0.6) is 0 Å². The van der Waals surface area contributed by atoms with Gasteiger partial charge in [-0.3, -0.25) is 0 Å². The summed E-state index contributed by atoms with van der Waals surface area (Å²) in [5.41, 5.74) is 6.96. The van der Waals surface area contributed by atoms with Crippen LogP contribution < -0.4 is 0 Å². The van der Waals surface area contributed by atoms with Crippen molar-refractivity contribution in [2.75, 3.05) is 0 Å². The molecule has 284 valence electrons. The van der Waals surface area contributed by atoms with Crippen LogP contribution in [0.25, 0.3) is 0 Å². The summed E-state index contributed by atoms with van der Waals surface area (Å²) in [6.45, 7) is 57.0. The molecular weight excluding hydrogens is 577 g/mol. The van der Waals surface area contributed by atoms with E-state index in [0.717, 1.165) is 35.5 Å². The fraction of sp³-hybridized carbons (Fsp3) is 0.917. The minimum atomic E-state index is 0.405. The van der Waals surface area contributed by atoms with Crippen LogP contribution in [-0.4, -0.2) is 0 Å². The zero-order chi connectivity index (χ0) is 38.3. The number of rotatable bonds is 0. The lowest BCUT2D eigenvalue weighted by molar-refractivity contribution is 0.0928. The normalized spacial score (nSPS) is 32.2. The fourth-order valence-electron chi connectivity index (χ4n) is 11.8. The van der Waals surface area contributed by atoms with Crippen LogP contribution in [0.2, 0.25) is 0 Å². The Kier molecular flexibility index (Phi) is 14.4. The molecule has 0 heteroatoms. The summed E-state index contributed by atoms with van der Waals surface area (Å²) in [6, 6.07) is 0. The lowest BCUT2D eigenvalue weighted by Gasteiger charge is -2.40. The van der Waals surface area contributed by atoms with Crippen LogP contribution in [0.4, 0.5) is 0 Å². The first kappa shape index (κ1) is 45.5. The molecule has 4 aliphatic carbocycles. The summed E-state index contributed by atoms with van der Waals surface area (Å²) < 4.78 is 0. The van der Waals surface area contributed by atoms with Crippen LogP contribution in [0.3, 0.4) is 0 Å². The summed E-state index contributed by atoms with van der Waals surface area (Å²) in [5.74, 6) is 5.26. The Hall–Kier alpha value is -0.520. The standard InChI is InChI=1S/C12H24.C12H22.C12H24.C12H22/c2*1-9-7-10(11(2,3)4)12(5,6)8-9;2*1-9-7-8-10(11(2,3)4)12(9,5)6/h9-10H,7-8H2,1-6H3;8,10H,7H2,1-6H3;9-10H,7-8H2,1-6H3;7,10H,8H2,1-6H3. The van der Waals surface area contributed by atoms with E-state index in [-0.39, 0.29) is 0 Å². The van der Waals surface area contributed by atoms with Gasteiger partial charge in [-0.2, -0.15) is 0 Å². The first-order valence-corrected chi connectivity index (χ1v) is 20.3. The summed E-state index contributed by atoms with van der Waals surface area (Å²) >= 11 is 0. The van der Waals surface area contributed by atoms with Crippen LogP contribution in [0, 0.1) is 78.8 Å². The maximum atomic E-state index is 2.45. The molecule has 0 saturated heterocycles. The maximum Gasteiger partial charge on any atom is -0.0111 e. The minimum absolute atomic E-state index is 0.405. The van der Waals surface area contributed by atoms with Crippen molar-refractivity contribution in [3.63, 3.8) is 0 Å². The van der Waals surface area contributed by atoms with Gasteiger partial charge in [0.15, 0.2) is 0 Å². The first-order valence-electron chi connectivity index (χ1n) is 20.3. The molecule has 2 fully saturated rings. The molecule has 2 saturated carbocycles. The summed E-state index contributed by atoms with van der Waals surface area (Å²) in [4.78, 5) is 0. The van der Waals surface area contributed by atoms with E-state index >= 15 is 0 Å². The van der Waals surface area contributed by atoms with Crippen molar-refractivity contribution in [1.29, 1.82) is 0 Å². The third kappa shape index (κ3) is 11.8. The largest absolute Gasteiger partial charge is 0.0847 e. The molecule has 0 amide bonds. The van der Waals surface area contributed by atoms with Crippen molar-refractivity contribution in [3.05, 3.63) is 23.3 Å². The monoisotopic (exact) mass is 669 g/mol. The Morgan fingerprint density at radius 2 is 1.02 bits per heavy atom. The Labute approximate surface area is 306 Å². The minimum Gasteiger partial charge on any atom is -0.0847 e. The highest BCUT2D eigenvalue weighted by Crippen LogP contribution is 2.55. The van der Waals surface area contributed by atoms with E-state index < -0.39 is 0 Å². The van der Waals surface area contributed by atoms with Crippen molar-refractivity contribution in [3.8, 4) is 0 Å². The van der Waals surface area contributed by atoms with E-state index in [4.69, 9.17) is 0 Å². The van der Waals surface area contributed by atoms with Gasteiger partial charge in [0.25, 0.3) is 0 Å². The highest BCUT2D eigenvalue weighted by molar-refractivity contribution is 5.20. The molecule has 6 unspecified atom stereocenters. The molecule has 0 radical (unpaired) electrons. The van der Waals surface area contributed by atoms with Crippen molar-refractivity contribution in [2.45, 2.75) is 205 Å². The Morgan fingerprint density at radius 1 is 0.583 bits per heavy atom. The molecule has 6 atom stereocenters. The molecule has 4 aliphatic rings. The first-order chi connectivity index (χ1) is 21.0. The van der Waals surface area contributed by atoms with Crippen LogP contribution >= 0.6 is 0 Å². The summed E-state index contributed by atoms with van der Waals surface area (Å²) in [7, 11) is 0. The molecule has 0 aromatic rings. The molecule has 0 aromatic heterocycles. The van der Waals surface area contributed by atoms with Gasteiger partial charge in [-0.25, -0.2) is 0 Å². The summed E-state index contributed by atoms with van der Waals surface area (Å²) in [5, 5.41) is 0. The molecule has 0 spiro atoms. The van der Waals surface area contributed by atoms with Crippen molar-refractivity contribution >= 4 is 0 Å². The van der Waals surface area contributed by atoms with E-state index in [1.807, 2.05) is 0 Å². The third-order valence-corrected chi connectivity index (χ3v) is 14.3. The molecule has 0 N–H and O–H groups in total. The van der Waals surface area contributed by atoms with Crippen molar-refractivity contribution < 1.29 is 0 Å². The highest BCUT2D eigenvalue weighted by atomic mass is 14.5. The van der Waals surface area contributed by atoms with Gasteiger partial charge in [-0.05, 0) is 131 Å². The lowest BCUT2D eigenvalue weighted by atomic mass is 9.65. The maximum absolute atomic E-state index is 2.45. The second kappa shape index (κ2) is 15.2. The number of allylic oxidation sites excluding steroid dienone is 4. The van der Waals surface area contributed by atoms with Gasteiger partial charge in [-0.1, -0.05) is 176 Å². The SMILES string of the molecule is CC1=CC(C)(C)C(C(C)(C)C)C1.CC1=CCC(C(C)(C)C)C1(C)C.CC1CC(C(C)(C)C)C(C)(C)C1.CC1CCC(C(C)(C)C)C1(C)C.